The van der Waals surface area contributed by atoms with E-state index in [1.54, 1.807) is 43.3 Å². The highest BCUT2D eigenvalue weighted by Gasteiger charge is 2.35. The van der Waals surface area contributed by atoms with E-state index in [0.29, 0.717) is 61.0 Å². The van der Waals surface area contributed by atoms with E-state index in [9.17, 15) is 24.3 Å². The van der Waals surface area contributed by atoms with Crippen LogP contribution >= 0.6 is 0 Å². The number of rotatable bonds is 4. The molecule has 2 aliphatic heterocycles. The number of nitrogens with two attached hydrogens (primary N) is 1. The Morgan fingerprint density at radius 2 is 1.87 bits per heavy atom. The molecule has 0 bridgehead atoms. The molecular formula is C29H31NO8. The molecule has 9 heteroatoms. The van der Waals surface area contributed by atoms with Gasteiger partial charge >= 0.3 is 11.9 Å². The summed E-state index contributed by atoms with van der Waals surface area (Å²) in [6, 6.07) is 8.28. The van der Waals surface area contributed by atoms with Crippen LogP contribution in [-0.4, -0.2) is 41.4 Å². The van der Waals surface area contributed by atoms with Crippen molar-refractivity contribution in [1.82, 2.24) is 0 Å². The number of aromatic hydroxyl groups is 1. The molecule has 0 radical (unpaired) electrons. The van der Waals surface area contributed by atoms with Gasteiger partial charge in [0.15, 0.2) is 6.61 Å². The first-order chi connectivity index (χ1) is 18.2. The van der Waals surface area contributed by atoms with E-state index in [-0.39, 0.29) is 35.9 Å². The van der Waals surface area contributed by atoms with Crippen molar-refractivity contribution >= 4 is 29.7 Å². The first kappa shape index (κ1) is 26.9. The van der Waals surface area contributed by atoms with Gasteiger partial charge in [0.2, 0.25) is 0 Å². The Labute approximate surface area is 220 Å². The Morgan fingerprint density at radius 1 is 1.13 bits per heavy atom. The smallest absolute Gasteiger partial charge is 0.342 e. The highest BCUT2D eigenvalue weighted by atomic mass is 16.5. The van der Waals surface area contributed by atoms with Crippen molar-refractivity contribution in [2.45, 2.75) is 63.9 Å². The molecule has 2 aromatic rings. The fourth-order valence-electron chi connectivity index (χ4n) is 4.75. The van der Waals surface area contributed by atoms with Crippen molar-refractivity contribution < 1.29 is 38.5 Å². The summed E-state index contributed by atoms with van der Waals surface area (Å²) in [4.78, 5) is 48.9. The molecule has 38 heavy (non-hydrogen) atoms. The van der Waals surface area contributed by atoms with E-state index >= 15 is 0 Å². The second kappa shape index (κ2) is 11.9. The number of hydrogen-bond acceptors (Lipinski definition) is 8. The van der Waals surface area contributed by atoms with Crippen LogP contribution < -0.4 is 15.2 Å². The third-order valence-corrected chi connectivity index (χ3v) is 6.64. The van der Waals surface area contributed by atoms with Crippen molar-refractivity contribution in [2.75, 3.05) is 6.61 Å². The van der Waals surface area contributed by atoms with Gasteiger partial charge in [0.05, 0.1) is 12.5 Å². The molecule has 3 N–H and O–H groups in total. The van der Waals surface area contributed by atoms with Crippen LogP contribution in [0.4, 0.5) is 0 Å². The summed E-state index contributed by atoms with van der Waals surface area (Å²) in [6.07, 6.45) is 6.36. The van der Waals surface area contributed by atoms with E-state index in [2.05, 4.69) is 0 Å². The zero-order chi connectivity index (χ0) is 27.2. The molecule has 2 aromatic carbocycles. The maximum absolute atomic E-state index is 13.3. The molecule has 0 saturated heterocycles. The standard InChI is InChI=1S/C29H31NO8/c1-17-6-5-9-20(31)8-4-2-3-7-19-14-23-27(28(34)26(19)29(35)37-17)22(15-25(33)38-23)18-10-12-21(13-11-18)36-16-24(30)32/h3,7,10-14,17,22,34H,2,4-6,8-9,15-16H2,1H3,(H2,30,32)/b7-3+/t17-,22-/m0/s1. The van der Waals surface area contributed by atoms with Gasteiger partial charge in [0.25, 0.3) is 5.91 Å². The molecule has 0 saturated carbocycles. The molecule has 0 spiro atoms. The van der Waals surface area contributed by atoms with Crippen LogP contribution in [0, 0.1) is 0 Å². The molecule has 9 nitrogen and oxygen atoms in total. The number of fused-ring (bicyclic) bond motifs is 2. The molecule has 2 aliphatic rings. The van der Waals surface area contributed by atoms with Crippen molar-refractivity contribution in [3.63, 3.8) is 0 Å². The number of carbonyl (C=O) groups is 4. The molecule has 2 heterocycles. The van der Waals surface area contributed by atoms with Gasteiger partial charge in [-0.1, -0.05) is 24.3 Å². The number of esters is 2. The molecule has 4 rings (SSSR count). The van der Waals surface area contributed by atoms with Crippen LogP contribution in [0.15, 0.2) is 36.4 Å². The Hall–Kier alpha value is -4.14. The van der Waals surface area contributed by atoms with E-state index in [1.807, 2.05) is 6.08 Å². The third kappa shape index (κ3) is 6.40. The third-order valence-electron chi connectivity index (χ3n) is 6.64. The van der Waals surface area contributed by atoms with Crippen LogP contribution in [0.2, 0.25) is 0 Å². The summed E-state index contributed by atoms with van der Waals surface area (Å²) in [6.45, 7) is 1.49. The van der Waals surface area contributed by atoms with Gasteiger partial charge in [0.1, 0.15) is 28.6 Å². The first-order valence-electron chi connectivity index (χ1n) is 12.7. The summed E-state index contributed by atoms with van der Waals surface area (Å²) in [5.41, 5.74) is 6.50. The van der Waals surface area contributed by atoms with Gasteiger partial charge in [-0.05, 0) is 61.9 Å². The number of carbonyl (C=O) groups excluding carboxylic acids is 4. The van der Waals surface area contributed by atoms with Gasteiger partial charge in [0, 0.05) is 24.3 Å². The topological polar surface area (TPSA) is 142 Å². The van der Waals surface area contributed by atoms with Crippen LogP contribution in [0.25, 0.3) is 6.08 Å². The van der Waals surface area contributed by atoms with Crippen molar-refractivity contribution in [2.24, 2.45) is 5.73 Å². The number of ketones is 1. The number of phenols is 1. The Balaban J connectivity index is 1.74. The van der Waals surface area contributed by atoms with Gasteiger partial charge in [-0.3, -0.25) is 14.4 Å². The van der Waals surface area contributed by atoms with Crippen molar-refractivity contribution in [1.29, 1.82) is 0 Å². The minimum absolute atomic E-state index is 0.00402. The number of ether oxygens (including phenoxy) is 3. The number of primary amides is 1. The quantitative estimate of drug-likeness (QED) is 0.451. The highest BCUT2D eigenvalue weighted by Crippen LogP contribution is 2.47. The largest absolute Gasteiger partial charge is 0.507 e. The van der Waals surface area contributed by atoms with E-state index in [4.69, 9.17) is 19.9 Å². The Kier molecular flexibility index (Phi) is 8.45. The highest BCUT2D eigenvalue weighted by molar-refractivity contribution is 5.98. The molecule has 1 amide bonds. The fourth-order valence-corrected chi connectivity index (χ4v) is 4.75. The molecule has 200 valence electrons. The average molecular weight is 522 g/mol. The lowest BCUT2D eigenvalue weighted by Gasteiger charge is -2.28. The normalized spacial score (nSPS) is 21.2. The van der Waals surface area contributed by atoms with Crippen LogP contribution in [0.5, 0.6) is 17.2 Å². The average Bonchev–Trinajstić information content (AvgIpc) is 2.86. The molecule has 0 unspecified atom stereocenters. The predicted octanol–water partition coefficient (Wildman–Crippen LogP) is 4.18. The van der Waals surface area contributed by atoms with E-state index < -0.39 is 29.9 Å². The number of hydrogen-bond donors (Lipinski definition) is 2. The lowest BCUT2D eigenvalue weighted by molar-refractivity contribution is -0.135. The van der Waals surface area contributed by atoms with Gasteiger partial charge in [-0.25, -0.2) is 4.79 Å². The zero-order valence-corrected chi connectivity index (χ0v) is 21.2. The second-order valence-electron chi connectivity index (χ2n) is 9.60. The molecular weight excluding hydrogens is 490 g/mol. The molecule has 2 atom stereocenters. The fraction of sp³-hybridized carbons (Fsp3) is 0.379. The monoisotopic (exact) mass is 521 g/mol. The minimum atomic E-state index is -0.688. The summed E-state index contributed by atoms with van der Waals surface area (Å²) in [7, 11) is 0. The molecule has 0 aromatic heterocycles. The van der Waals surface area contributed by atoms with Gasteiger partial charge in [-0.2, -0.15) is 0 Å². The van der Waals surface area contributed by atoms with Crippen molar-refractivity contribution in [3.8, 4) is 17.2 Å². The van der Waals surface area contributed by atoms with Crippen LogP contribution in [0.3, 0.4) is 0 Å². The minimum Gasteiger partial charge on any atom is -0.507 e. The summed E-state index contributed by atoms with van der Waals surface area (Å²) >= 11 is 0. The number of benzene rings is 2. The first-order valence-corrected chi connectivity index (χ1v) is 12.7. The molecule has 0 fully saturated rings. The summed E-state index contributed by atoms with van der Waals surface area (Å²) in [5.74, 6) is -1.88. The number of allylic oxidation sites excluding steroid dienone is 1. The number of Topliss-reactive ketones (excluding diaryl/α,β-unsaturated/α-hetero) is 1. The van der Waals surface area contributed by atoms with E-state index in [0.717, 1.165) is 0 Å². The zero-order valence-electron chi connectivity index (χ0n) is 21.2. The van der Waals surface area contributed by atoms with Crippen LogP contribution in [0.1, 0.15) is 84.8 Å². The maximum atomic E-state index is 13.3. The lowest BCUT2D eigenvalue weighted by atomic mass is 9.83. The Bertz CT molecular complexity index is 1260. The maximum Gasteiger partial charge on any atom is 0.342 e. The number of phenolic OH excluding ortho intramolecular Hbond substituents is 1. The number of amides is 1. The summed E-state index contributed by atoms with van der Waals surface area (Å²) < 4.78 is 16.4. The second-order valence-corrected chi connectivity index (χ2v) is 9.60. The summed E-state index contributed by atoms with van der Waals surface area (Å²) in [5, 5.41) is 11.4. The van der Waals surface area contributed by atoms with Gasteiger partial charge < -0.3 is 25.1 Å². The predicted molar refractivity (Wildman–Crippen MR) is 138 cm³/mol. The van der Waals surface area contributed by atoms with Crippen molar-refractivity contribution in [3.05, 3.63) is 58.7 Å². The lowest BCUT2D eigenvalue weighted by Crippen LogP contribution is -2.23. The van der Waals surface area contributed by atoms with Gasteiger partial charge in [-0.15, -0.1) is 0 Å². The van der Waals surface area contributed by atoms with Crippen LogP contribution in [-0.2, 0) is 19.1 Å². The van der Waals surface area contributed by atoms with E-state index in [1.165, 1.54) is 0 Å². The molecule has 0 aliphatic carbocycles. The SMILES string of the molecule is C[C@H]1CCCC(=O)CCC/C=C/c2cc3c(c(O)c2C(=O)O1)[C@H](c1ccc(OCC(N)=O)cc1)CC(=O)O3. The Morgan fingerprint density at radius 3 is 2.61 bits per heavy atom. The number of cyclic esters (lactones) is 1.